The number of nitrogens with two attached hydrogens (primary N) is 1. The van der Waals surface area contributed by atoms with Crippen LogP contribution in [0.1, 0.15) is 16.8 Å². The summed E-state index contributed by atoms with van der Waals surface area (Å²) < 4.78 is 5.79. The van der Waals surface area contributed by atoms with Gasteiger partial charge in [0.1, 0.15) is 18.2 Å². The van der Waals surface area contributed by atoms with Gasteiger partial charge in [0.2, 0.25) is 0 Å². The molecule has 0 unspecified atom stereocenters. The molecule has 0 radical (unpaired) electrons. The maximum absolute atomic E-state index is 5.79. The molecule has 3 nitrogen and oxygen atoms in total. The predicted octanol–water partition coefficient (Wildman–Crippen LogP) is 2.86. The van der Waals surface area contributed by atoms with Crippen LogP contribution in [0.25, 0.3) is 0 Å². The smallest absolute Gasteiger partial charge is 0.130 e. The van der Waals surface area contributed by atoms with Crippen LogP contribution in [0.3, 0.4) is 0 Å². The van der Waals surface area contributed by atoms with Gasteiger partial charge in [0, 0.05) is 0 Å². The maximum atomic E-state index is 5.79. The van der Waals surface area contributed by atoms with Crippen LogP contribution >= 0.6 is 0 Å². The molecule has 2 N–H and O–H groups in total. The monoisotopic (exact) mass is 228 g/mol. The molecule has 0 amide bonds. The van der Waals surface area contributed by atoms with Crippen LogP contribution in [0.5, 0.6) is 5.75 Å². The van der Waals surface area contributed by atoms with E-state index in [1.165, 1.54) is 0 Å². The summed E-state index contributed by atoms with van der Waals surface area (Å²) in [5.74, 6) is 1.45. The van der Waals surface area contributed by atoms with Gasteiger partial charge >= 0.3 is 0 Å². The van der Waals surface area contributed by atoms with Gasteiger partial charge in [0.15, 0.2) is 0 Å². The molecule has 17 heavy (non-hydrogen) atoms. The molecule has 0 spiro atoms. The van der Waals surface area contributed by atoms with E-state index in [1.54, 1.807) is 6.07 Å². The van der Waals surface area contributed by atoms with Crippen molar-refractivity contribution >= 4 is 5.82 Å². The molecule has 0 bridgehead atoms. The van der Waals surface area contributed by atoms with Crippen LogP contribution in [-0.2, 0) is 6.61 Å². The second-order valence-corrected chi connectivity index (χ2v) is 4.06. The SMILES string of the molecule is Cc1cccc(C)c1OCc1cccc(N)n1. The third kappa shape index (κ3) is 2.75. The first-order chi connectivity index (χ1) is 8.16. The van der Waals surface area contributed by atoms with Crippen LogP contribution < -0.4 is 10.5 Å². The summed E-state index contributed by atoms with van der Waals surface area (Å²) in [7, 11) is 0. The first-order valence-corrected chi connectivity index (χ1v) is 5.57. The number of aryl methyl sites for hydroxylation is 2. The molecule has 0 aliphatic heterocycles. The lowest BCUT2D eigenvalue weighted by atomic mass is 10.1. The van der Waals surface area contributed by atoms with E-state index >= 15 is 0 Å². The van der Waals surface area contributed by atoms with E-state index in [9.17, 15) is 0 Å². The molecule has 0 aliphatic carbocycles. The van der Waals surface area contributed by atoms with Crippen molar-refractivity contribution < 1.29 is 4.74 Å². The summed E-state index contributed by atoms with van der Waals surface area (Å²) in [6.45, 7) is 4.51. The highest BCUT2D eigenvalue weighted by Gasteiger charge is 2.04. The minimum atomic E-state index is 0.441. The molecule has 3 heteroatoms. The standard InChI is InChI=1S/C14H16N2O/c1-10-5-3-6-11(2)14(10)17-9-12-7-4-8-13(15)16-12/h3-8H,9H2,1-2H3,(H2,15,16). The number of hydrogen-bond donors (Lipinski definition) is 1. The number of benzene rings is 1. The normalized spacial score (nSPS) is 10.2. The van der Waals surface area contributed by atoms with Gasteiger partial charge in [0.25, 0.3) is 0 Å². The van der Waals surface area contributed by atoms with E-state index in [4.69, 9.17) is 10.5 Å². The highest BCUT2D eigenvalue weighted by atomic mass is 16.5. The van der Waals surface area contributed by atoms with Crippen molar-refractivity contribution in [2.75, 3.05) is 5.73 Å². The molecule has 0 atom stereocenters. The average molecular weight is 228 g/mol. The number of pyridine rings is 1. The summed E-state index contributed by atoms with van der Waals surface area (Å²) in [5, 5.41) is 0. The van der Waals surface area contributed by atoms with Crippen molar-refractivity contribution in [2.45, 2.75) is 20.5 Å². The van der Waals surface area contributed by atoms with E-state index < -0.39 is 0 Å². The molecule has 1 aromatic carbocycles. The number of hydrogen-bond acceptors (Lipinski definition) is 3. The topological polar surface area (TPSA) is 48.1 Å². The Morgan fingerprint density at radius 2 is 1.71 bits per heavy atom. The van der Waals surface area contributed by atoms with Crippen LogP contribution in [0.2, 0.25) is 0 Å². The summed E-state index contributed by atoms with van der Waals surface area (Å²) in [5.41, 5.74) is 8.73. The highest BCUT2D eigenvalue weighted by molar-refractivity contribution is 5.39. The minimum absolute atomic E-state index is 0.441. The second kappa shape index (κ2) is 4.87. The van der Waals surface area contributed by atoms with Gasteiger partial charge in [-0.2, -0.15) is 0 Å². The Bertz CT molecular complexity index is 503. The maximum Gasteiger partial charge on any atom is 0.130 e. The first kappa shape index (κ1) is 11.5. The Hall–Kier alpha value is -2.03. The molecule has 88 valence electrons. The summed E-state index contributed by atoms with van der Waals surface area (Å²) in [6.07, 6.45) is 0. The zero-order valence-electron chi connectivity index (χ0n) is 10.1. The summed E-state index contributed by atoms with van der Waals surface area (Å²) in [4.78, 5) is 4.20. The van der Waals surface area contributed by atoms with Gasteiger partial charge in [-0.05, 0) is 37.1 Å². The fraction of sp³-hybridized carbons (Fsp3) is 0.214. The predicted molar refractivity (Wildman–Crippen MR) is 68.9 cm³/mol. The van der Waals surface area contributed by atoms with Crippen LogP contribution in [0, 0.1) is 13.8 Å². The van der Waals surface area contributed by atoms with Gasteiger partial charge in [-0.15, -0.1) is 0 Å². The van der Waals surface area contributed by atoms with Crippen molar-refractivity contribution in [1.82, 2.24) is 4.98 Å². The molecule has 0 saturated heterocycles. The second-order valence-electron chi connectivity index (χ2n) is 4.06. The first-order valence-electron chi connectivity index (χ1n) is 5.57. The Morgan fingerprint density at radius 3 is 2.35 bits per heavy atom. The number of anilines is 1. The van der Waals surface area contributed by atoms with E-state index in [0.29, 0.717) is 12.4 Å². The number of ether oxygens (including phenoxy) is 1. The van der Waals surface area contributed by atoms with Crippen molar-refractivity contribution in [1.29, 1.82) is 0 Å². The van der Waals surface area contributed by atoms with Gasteiger partial charge < -0.3 is 10.5 Å². The Balaban J connectivity index is 2.13. The van der Waals surface area contributed by atoms with E-state index in [0.717, 1.165) is 22.6 Å². The lowest BCUT2D eigenvalue weighted by Gasteiger charge is -2.11. The highest BCUT2D eigenvalue weighted by Crippen LogP contribution is 2.23. The van der Waals surface area contributed by atoms with Crippen molar-refractivity contribution in [3.63, 3.8) is 0 Å². The Labute approximate surface area is 101 Å². The Kier molecular flexibility index (Phi) is 3.28. The third-order valence-electron chi connectivity index (χ3n) is 2.60. The fourth-order valence-corrected chi connectivity index (χ4v) is 1.75. The molecule has 1 heterocycles. The van der Waals surface area contributed by atoms with E-state index in [-0.39, 0.29) is 0 Å². The number of nitrogen functional groups attached to an aromatic ring is 1. The lowest BCUT2D eigenvalue weighted by molar-refractivity contribution is 0.297. The third-order valence-corrected chi connectivity index (χ3v) is 2.60. The molecule has 1 aromatic heterocycles. The van der Waals surface area contributed by atoms with Crippen molar-refractivity contribution in [2.24, 2.45) is 0 Å². The summed E-state index contributed by atoms with van der Waals surface area (Å²) >= 11 is 0. The molecule has 0 aliphatic rings. The lowest BCUT2D eigenvalue weighted by Crippen LogP contribution is -2.02. The largest absolute Gasteiger partial charge is 0.487 e. The van der Waals surface area contributed by atoms with Crippen molar-refractivity contribution in [3.8, 4) is 5.75 Å². The van der Waals surface area contributed by atoms with E-state index in [1.807, 2.05) is 44.2 Å². The van der Waals surface area contributed by atoms with E-state index in [2.05, 4.69) is 4.98 Å². The number of para-hydroxylation sites is 1. The Morgan fingerprint density at radius 1 is 1.06 bits per heavy atom. The number of rotatable bonds is 3. The van der Waals surface area contributed by atoms with Gasteiger partial charge in [-0.1, -0.05) is 24.3 Å². The number of aromatic nitrogens is 1. The van der Waals surface area contributed by atoms with Gasteiger partial charge in [0.05, 0.1) is 5.69 Å². The molecular weight excluding hydrogens is 212 g/mol. The quantitative estimate of drug-likeness (QED) is 0.878. The minimum Gasteiger partial charge on any atom is -0.487 e. The fourth-order valence-electron chi connectivity index (χ4n) is 1.75. The van der Waals surface area contributed by atoms with Crippen LogP contribution in [0.15, 0.2) is 36.4 Å². The van der Waals surface area contributed by atoms with Crippen LogP contribution in [-0.4, -0.2) is 4.98 Å². The molecular formula is C14H16N2O. The molecule has 0 fully saturated rings. The summed E-state index contributed by atoms with van der Waals surface area (Å²) in [6, 6.07) is 11.7. The average Bonchev–Trinajstić information content (AvgIpc) is 2.28. The molecule has 2 rings (SSSR count). The van der Waals surface area contributed by atoms with Gasteiger partial charge in [-0.25, -0.2) is 4.98 Å². The number of nitrogens with zero attached hydrogens (tertiary/aromatic N) is 1. The van der Waals surface area contributed by atoms with Crippen molar-refractivity contribution in [3.05, 3.63) is 53.2 Å². The van der Waals surface area contributed by atoms with Gasteiger partial charge in [-0.3, -0.25) is 0 Å². The molecule has 0 saturated carbocycles. The van der Waals surface area contributed by atoms with Crippen LogP contribution in [0.4, 0.5) is 5.82 Å². The zero-order chi connectivity index (χ0) is 12.3. The molecule has 2 aromatic rings. The zero-order valence-corrected chi connectivity index (χ0v) is 10.1.